The first-order chi connectivity index (χ1) is 13.4. The Bertz CT molecular complexity index is 1020. The van der Waals surface area contributed by atoms with Crippen molar-refractivity contribution in [2.24, 2.45) is 0 Å². The van der Waals surface area contributed by atoms with Gasteiger partial charge in [0.15, 0.2) is 0 Å². The SMILES string of the molecule is O=C(Oc1ccc2c(c1)CCC2)c1ccccc1-c1ccc(C(F)(F)F)cc1. The van der Waals surface area contributed by atoms with Crippen molar-refractivity contribution in [3.63, 3.8) is 0 Å². The average molecular weight is 382 g/mol. The predicted molar refractivity (Wildman–Crippen MR) is 100 cm³/mol. The summed E-state index contributed by atoms with van der Waals surface area (Å²) in [6.07, 6.45) is -1.28. The van der Waals surface area contributed by atoms with Crippen LogP contribution >= 0.6 is 0 Å². The van der Waals surface area contributed by atoms with Gasteiger partial charge in [0.1, 0.15) is 5.75 Å². The molecule has 0 unspecified atom stereocenters. The summed E-state index contributed by atoms with van der Waals surface area (Å²) in [5, 5.41) is 0. The molecule has 0 heterocycles. The van der Waals surface area contributed by atoms with E-state index in [9.17, 15) is 18.0 Å². The maximum Gasteiger partial charge on any atom is 0.416 e. The Balaban J connectivity index is 1.61. The van der Waals surface area contributed by atoms with Crippen LogP contribution in [0.15, 0.2) is 66.7 Å². The lowest BCUT2D eigenvalue weighted by atomic mass is 9.98. The van der Waals surface area contributed by atoms with Crippen LogP contribution < -0.4 is 4.74 Å². The Kier molecular flexibility index (Phi) is 4.67. The minimum absolute atomic E-state index is 0.308. The third kappa shape index (κ3) is 3.65. The first-order valence-corrected chi connectivity index (χ1v) is 9.02. The summed E-state index contributed by atoms with van der Waals surface area (Å²) in [7, 11) is 0. The largest absolute Gasteiger partial charge is 0.423 e. The minimum Gasteiger partial charge on any atom is -0.423 e. The fourth-order valence-corrected chi connectivity index (χ4v) is 3.53. The van der Waals surface area contributed by atoms with Crippen LogP contribution in [0.25, 0.3) is 11.1 Å². The topological polar surface area (TPSA) is 26.3 Å². The van der Waals surface area contributed by atoms with Crippen molar-refractivity contribution in [1.29, 1.82) is 0 Å². The van der Waals surface area contributed by atoms with Gasteiger partial charge < -0.3 is 4.74 Å². The van der Waals surface area contributed by atoms with Gasteiger partial charge in [0.25, 0.3) is 0 Å². The number of hydrogen-bond acceptors (Lipinski definition) is 2. The number of carbonyl (C=O) groups is 1. The van der Waals surface area contributed by atoms with Crippen LogP contribution in [0.3, 0.4) is 0 Å². The van der Waals surface area contributed by atoms with Crippen LogP contribution in [0, 0.1) is 0 Å². The van der Waals surface area contributed by atoms with Gasteiger partial charge in [-0.15, -0.1) is 0 Å². The first kappa shape index (κ1) is 18.3. The van der Waals surface area contributed by atoms with E-state index in [4.69, 9.17) is 4.74 Å². The molecule has 0 radical (unpaired) electrons. The molecule has 0 spiro atoms. The van der Waals surface area contributed by atoms with Crippen molar-refractivity contribution in [3.8, 4) is 16.9 Å². The van der Waals surface area contributed by atoms with E-state index in [1.165, 1.54) is 23.3 Å². The highest BCUT2D eigenvalue weighted by Crippen LogP contribution is 2.32. The minimum atomic E-state index is -4.40. The van der Waals surface area contributed by atoms with Crippen LogP contribution in [0.2, 0.25) is 0 Å². The van der Waals surface area contributed by atoms with Crippen LogP contribution in [0.1, 0.15) is 33.5 Å². The zero-order chi connectivity index (χ0) is 19.7. The molecule has 0 aromatic heterocycles. The molecule has 5 heteroatoms. The lowest BCUT2D eigenvalue weighted by molar-refractivity contribution is -0.137. The van der Waals surface area contributed by atoms with Gasteiger partial charge in [-0.25, -0.2) is 4.79 Å². The van der Waals surface area contributed by atoms with E-state index in [2.05, 4.69) is 0 Å². The molecule has 142 valence electrons. The van der Waals surface area contributed by atoms with E-state index in [1.54, 1.807) is 30.3 Å². The molecule has 0 amide bonds. The standard InChI is InChI=1S/C23H17F3O2/c24-23(25,26)18-11-8-16(9-12-18)20-6-1-2-7-21(20)22(27)28-19-13-10-15-4-3-5-17(15)14-19/h1-2,6-14H,3-5H2. The zero-order valence-corrected chi connectivity index (χ0v) is 14.9. The molecule has 1 aliphatic carbocycles. The maximum absolute atomic E-state index is 12.8. The van der Waals surface area contributed by atoms with Gasteiger partial charge in [-0.2, -0.15) is 13.2 Å². The summed E-state index contributed by atoms with van der Waals surface area (Å²) < 4.78 is 43.9. The molecule has 4 rings (SSSR count). The van der Waals surface area contributed by atoms with Gasteiger partial charge in [0.05, 0.1) is 11.1 Å². The second kappa shape index (κ2) is 7.15. The van der Waals surface area contributed by atoms with Crippen molar-refractivity contribution >= 4 is 5.97 Å². The van der Waals surface area contributed by atoms with Gasteiger partial charge in [-0.3, -0.25) is 0 Å². The fraction of sp³-hybridized carbons (Fsp3) is 0.174. The molecule has 0 bridgehead atoms. The fourth-order valence-electron chi connectivity index (χ4n) is 3.53. The lowest BCUT2D eigenvalue weighted by Gasteiger charge is -2.12. The Morgan fingerprint density at radius 1 is 0.857 bits per heavy atom. The van der Waals surface area contributed by atoms with Gasteiger partial charge in [-0.1, -0.05) is 36.4 Å². The molecule has 3 aromatic carbocycles. The summed E-state index contributed by atoms with van der Waals surface area (Å²) in [5.41, 5.74) is 3.11. The van der Waals surface area contributed by atoms with Crippen LogP contribution in [-0.4, -0.2) is 5.97 Å². The van der Waals surface area contributed by atoms with E-state index >= 15 is 0 Å². The molecule has 0 saturated carbocycles. The summed E-state index contributed by atoms with van der Waals surface area (Å²) >= 11 is 0. The monoisotopic (exact) mass is 382 g/mol. The average Bonchev–Trinajstić information content (AvgIpc) is 3.15. The van der Waals surface area contributed by atoms with E-state index in [0.29, 0.717) is 22.4 Å². The smallest absolute Gasteiger partial charge is 0.416 e. The Morgan fingerprint density at radius 2 is 1.57 bits per heavy atom. The number of alkyl halides is 3. The van der Waals surface area contributed by atoms with Gasteiger partial charge in [-0.05, 0) is 71.8 Å². The number of esters is 1. The molecular formula is C23H17F3O2. The molecule has 0 N–H and O–H groups in total. The Labute approximate surface area is 160 Å². The first-order valence-electron chi connectivity index (χ1n) is 9.02. The van der Waals surface area contributed by atoms with Gasteiger partial charge in [0, 0.05) is 0 Å². The maximum atomic E-state index is 12.8. The van der Waals surface area contributed by atoms with E-state index in [0.717, 1.165) is 31.4 Å². The third-order valence-electron chi connectivity index (χ3n) is 4.95. The van der Waals surface area contributed by atoms with E-state index in [1.807, 2.05) is 12.1 Å². The predicted octanol–water partition coefficient (Wildman–Crippen LogP) is 6.08. The summed E-state index contributed by atoms with van der Waals surface area (Å²) in [5.74, 6) is -0.0543. The van der Waals surface area contributed by atoms with Crippen molar-refractivity contribution < 1.29 is 22.7 Å². The van der Waals surface area contributed by atoms with Crippen LogP contribution in [0.4, 0.5) is 13.2 Å². The highest BCUT2D eigenvalue weighted by molar-refractivity contribution is 5.98. The molecule has 0 saturated heterocycles. The second-order valence-corrected chi connectivity index (χ2v) is 6.79. The van der Waals surface area contributed by atoms with E-state index in [-0.39, 0.29) is 0 Å². The van der Waals surface area contributed by atoms with Crippen molar-refractivity contribution in [1.82, 2.24) is 0 Å². The molecule has 2 nitrogen and oxygen atoms in total. The summed E-state index contributed by atoms with van der Waals surface area (Å²) in [6.45, 7) is 0. The molecule has 0 aliphatic heterocycles. The summed E-state index contributed by atoms with van der Waals surface area (Å²) in [6, 6.07) is 17.2. The molecule has 28 heavy (non-hydrogen) atoms. The quantitative estimate of drug-likeness (QED) is 0.405. The van der Waals surface area contributed by atoms with Gasteiger partial charge in [0.2, 0.25) is 0 Å². The second-order valence-electron chi connectivity index (χ2n) is 6.79. The third-order valence-corrected chi connectivity index (χ3v) is 4.95. The normalized spacial score (nSPS) is 13.2. The molecule has 0 fully saturated rings. The molecule has 3 aromatic rings. The highest BCUT2D eigenvalue weighted by atomic mass is 19.4. The number of rotatable bonds is 3. The lowest BCUT2D eigenvalue weighted by Crippen LogP contribution is -2.10. The Hall–Kier alpha value is -3.08. The highest BCUT2D eigenvalue weighted by Gasteiger charge is 2.30. The number of benzene rings is 3. The molecule has 0 atom stereocenters. The summed E-state index contributed by atoms with van der Waals surface area (Å²) in [4.78, 5) is 12.7. The molecule has 1 aliphatic rings. The number of hydrogen-bond donors (Lipinski definition) is 0. The number of ether oxygens (including phenoxy) is 1. The van der Waals surface area contributed by atoms with Crippen molar-refractivity contribution in [3.05, 3.63) is 89.0 Å². The number of aryl methyl sites for hydroxylation is 2. The number of halogens is 3. The zero-order valence-electron chi connectivity index (χ0n) is 14.9. The number of fused-ring (bicyclic) bond motifs is 1. The van der Waals surface area contributed by atoms with E-state index < -0.39 is 17.7 Å². The van der Waals surface area contributed by atoms with Crippen LogP contribution in [0.5, 0.6) is 5.75 Å². The van der Waals surface area contributed by atoms with Crippen molar-refractivity contribution in [2.75, 3.05) is 0 Å². The number of carbonyl (C=O) groups excluding carboxylic acids is 1. The van der Waals surface area contributed by atoms with Crippen molar-refractivity contribution in [2.45, 2.75) is 25.4 Å². The molecular weight excluding hydrogens is 365 g/mol. The Morgan fingerprint density at radius 3 is 2.32 bits per heavy atom. The van der Waals surface area contributed by atoms with Gasteiger partial charge >= 0.3 is 12.1 Å². The van der Waals surface area contributed by atoms with Crippen LogP contribution in [-0.2, 0) is 19.0 Å².